The molecule has 0 aliphatic carbocycles. The highest BCUT2D eigenvalue weighted by Gasteiger charge is 2.08. The van der Waals surface area contributed by atoms with Gasteiger partial charge in [0, 0.05) is 30.9 Å². The van der Waals surface area contributed by atoms with Gasteiger partial charge in [0.05, 0.1) is 12.0 Å². The number of nitrogens with one attached hydrogen (secondary N) is 1. The molecule has 2 aromatic rings. The van der Waals surface area contributed by atoms with Crippen LogP contribution in [-0.2, 0) is 13.6 Å². The molecule has 2 rings (SSSR count). The maximum Gasteiger partial charge on any atom is 0.0945 e. The van der Waals surface area contributed by atoms with Gasteiger partial charge in [-0.1, -0.05) is 29.8 Å². The Morgan fingerprint density at radius 1 is 1.41 bits per heavy atom. The van der Waals surface area contributed by atoms with Crippen LogP contribution >= 0.6 is 11.6 Å². The molecule has 0 unspecified atom stereocenters. The second kappa shape index (κ2) is 5.34. The first-order valence-corrected chi connectivity index (χ1v) is 5.99. The fraction of sp³-hybridized carbons (Fsp3) is 0.308. The molecule has 3 nitrogen and oxygen atoms in total. The summed E-state index contributed by atoms with van der Waals surface area (Å²) in [5.74, 6) is 0. The van der Waals surface area contributed by atoms with E-state index in [1.54, 1.807) is 6.33 Å². The van der Waals surface area contributed by atoms with Gasteiger partial charge in [-0.05, 0) is 18.6 Å². The third-order valence-electron chi connectivity index (χ3n) is 2.88. The highest BCUT2D eigenvalue weighted by atomic mass is 35.5. The number of halogens is 1. The predicted octanol–water partition coefficient (Wildman–Crippen LogP) is 2.92. The van der Waals surface area contributed by atoms with Gasteiger partial charge in [-0.15, -0.1) is 0 Å². The Bertz CT molecular complexity index is 493. The largest absolute Gasteiger partial charge is 0.337 e. The molecule has 1 aromatic heterocycles. The molecule has 0 saturated carbocycles. The lowest BCUT2D eigenvalue weighted by Gasteiger charge is -2.15. The topological polar surface area (TPSA) is 29.9 Å². The standard InChI is InChI=1S/C13H16ClN3/c1-10(12-5-3-4-6-13(12)14)16-8-11-7-15-9-17(11)2/h3-7,9-10,16H,8H2,1-2H3/t10-/m1/s1. The van der Waals surface area contributed by atoms with Crippen LogP contribution in [0, 0.1) is 0 Å². The van der Waals surface area contributed by atoms with Crippen LogP contribution in [0.2, 0.25) is 5.02 Å². The van der Waals surface area contributed by atoms with Gasteiger partial charge in [0.15, 0.2) is 0 Å². The van der Waals surface area contributed by atoms with Crippen LogP contribution in [0.1, 0.15) is 24.2 Å². The Morgan fingerprint density at radius 2 is 2.18 bits per heavy atom. The average Bonchev–Trinajstić information content (AvgIpc) is 2.72. The fourth-order valence-corrected chi connectivity index (χ4v) is 2.05. The molecule has 90 valence electrons. The summed E-state index contributed by atoms with van der Waals surface area (Å²) in [4.78, 5) is 4.09. The summed E-state index contributed by atoms with van der Waals surface area (Å²) in [6.07, 6.45) is 3.67. The van der Waals surface area contributed by atoms with Crippen LogP contribution in [-0.4, -0.2) is 9.55 Å². The Balaban J connectivity index is 2.01. The molecule has 0 bridgehead atoms. The summed E-state index contributed by atoms with van der Waals surface area (Å²) in [6, 6.07) is 8.13. The van der Waals surface area contributed by atoms with Gasteiger partial charge in [-0.3, -0.25) is 0 Å². The number of aryl methyl sites for hydroxylation is 1. The van der Waals surface area contributed by atoms with Crippen molar-refractivity contribution in [3.8, 4) is 0 Å². The molecule has 0 spiro atoms. The van der Waals surface area contributed by atoms with Crippen molar-refractivity contribution in [1.29, 1.82) is 0 Å². The summed E-state index contributed by atoms with van der Waals surface area (Å²) in [5.41, 5.74) is 2.28. The Kier molecular flexibility index (Phi) is 3.82. The Morgan fingerprint density at radius 3 is 2.82 bits per heavy atom. The second-order valence-electron chi connectivity index (χ2n) is 4.12. The van der Waals surface area contributed by atoms with Crippen molar-refractivity contribution >= 4 is 11.6 Å². The molecule has 17 heavy (non-hydrogen) atoms. The number of hydrogen-bond acceptors (Lipinski definition) is 2. The Hall–Kier alpha value is -1.32. The minimum atomic E-state index is 0.221. The zero-order valence-corrected chi connectivity index (χ0v) is 10.8. The molecule has 0 fully saturated rings. The summed E-state index contributed by atoms with van der Waals surface area (Å²) in [5, 5.41) is 4.24. The maximum absolute atomic E-state index is 6.15. The van der Waals surface area contributed by atoms with Crippen LogP contribution in [0.5, 0.6) is 0 Å². The number of imidazole rings is 1. The maximum atomic E-state index is 6.15. The SMILES string of the molecule is C[C@@H](NCc1cncn1C)c1ccccc1Cl. The van der Waals surface area contributed by atoms with Crippen LogP contribution in [0.3, 0.4) is 0 Å². The van der Waals surface area contributed by atoms with E-state index in [1.165, 1.54) is 0 Å². The van der Waals surface area contributed by atoms with Gasteiger partial charge in [0.2, 0.25) is 0 Å². The summed E-state index contributed by atoms with van der Waals surface area (Å²) < 4.78 is 2.01. The molecule has 1 heterocycles. The van der Waals surface area contributed by atoms with E-state index < -0.39 is 0 Å². The zero-order chi connectivity index (χ0) is 12.3. The number of benzene rings is 1. The van der Waals surface area contributed by atoms with E-state index >= 15 is 0 Å². The monoisotopic (exact) mass is 249 g/mol. The van der Waals surface area contributed by atoms with Gasteiger partial charge in [-0.2, -0.15) is 0 Å². The van der Waals surface area contributed by atoms with E-state index in [0.29, 0.717) is 0 Å². The first-order valence-electron chi connectivity index (χ1n) is 5.61. The number of rotatable bonds is 4. The lowest BCUT2D eigenvalue weighted by molar-refractivity contribution is 0.558. The van der Waals surface area contributed by atoms with Crippen molar-refractivity contribution in [2.75, 3.05) is 0 Å². The van der Waals surface area contributed by atoms with Crippen molar-refractivity contribution in [3.63, 3.8) is 0 Å². The van der Waals surface area contributed by atoms with Crippen LogP contribution < -0.4 is 5.32 Å². The van der Waals surface area contributed by atoms with E-state index in [9.17, 15) is 0 Å². The quantitative estimate of drug-likeness (QED) is 0.903. The molecule has 1 aromatic carbocycles. The molecule has 1 atom stereocenters. The molecule has 0 aliphatic rings. The molecule has 1 N–H and O–H groups in total. The van der Waals surface area contributed by atoms with Crippen LogP contribution in [0.4, 0.5) is 0 Å². The molecule has 0 radical (unpaired) electrons. The molecular weight excluding hydrogens is 234 g/mol. The average molecular weight is 250 g/mol. The minimum Gasteiger partial charge on any atom is -0.337 e. The van der Waals surface area contributed by atoms with Crippen molar-refractivity contribution in [2.45, 2.75) is 19.5 Å². The zero-order valence-electron chi connectivity index (χ0n) is 10.0. The summed E-state index contributed by atoms with van der Waals surface area (Å²) in [6.45, 7) is 2.89. The van der Waals surface area contributed by atoms with Crippen molar-refractivity contribution in [2.24, 2.45) is 7.05 Å². The predicted molar refractivity (Wildman–Crippen MR) is 69.9 cm³/mol. The first-order chi connectivity index (χ1) is 8.18. The van der Waals surface area contributed by atoms with Crippen molar-refractivity contribution < 1.29 is 0 Å². The normalized spacial score (nSPS) is 12.6. The molecule has 0 amide bonds. The van der Waals surface area contributed by atoms with Gasteiger partial charge in [0.25, 0.3) is 0 Å². The van der Waals surface area contributed by atoms with Crippen LogP contribution in [0.15, 0.2) is 36.8 Å². The second-order valence-corrected chi connectivity index (χ2v) is 4.53. The molecule has 0 saturated heterocycles. The third-order valence-corrected chi connectivity index (χ3v) is 3.22. The third kappa shape index (κ3) is 2.87. The van der Waals surface area contributed by atoms with Gasteiger partial charge >= 0.3 is 0 Å². The highest BCUT2D eigenvalue weighted by Crippen LogP contribution is 2.22. The lowest BCUT2D eigenvalue weighted by Crippen LogP contribution is -2.19. The van der Waals surface area contributed by atoms with E-state index in [-0.39, 0.29) is 6.04 Å². The highest BCUT2D eigenvalue weighted by molar-refractivity contribution is 6.31. The van der Waals surface area contributed by atoms with Gasteiger partial charge in [0.1, 0.15) is 0 Å². The van der Waals surface area contributed by atoms with E-state index in [2.05, 4.69) is 17.2 Å². The van der Waals surface area contributed by atoms with Crippen molar-refractivity contribution in [3.05, 3.63) is 53.1 Å². The van der Waals surface area contributed by atoms with Gasteiger partial charge < -0.3 is 9.88 Å². The lowest BCUT2D eigenvalue weighted by atomic mass is 10.1. The summed E-state index contributed by atoms with van der Waals surface area (Å²) >= 11 is 6.15. The van der Waals surface area contributed by atoms with E-state index in [4.69, 9.17) is 11.6 Å². The van der Waals surface area contributed by atoms with Crippen molar-refractivity contribution in [1.82, 2.24) is 14.9 Å². The smallest absolute Gasteiger partial charge is 0.0945 e. The molecule has 4 heteroatoms. The van der Waals surface area contributed by atoms with Gasteiger partial charge in [-0.25, -0.2) is 4.98 Å². The number of aromatic nitrogens is 2. The number of nitrogens with zero attached hydrogens (tertiary/aromatic N) is 2. The Labute approximate surface area is 106 Å². The van der Waals surface area contributed by atoms with E-state index in [0.717, 1.165) is 22.8 Å². The van der Waals surface area contributed by atoms with Crippen LogP contribution in [0.25, 0.3) is 0 Å². The number of hydrogen-bond donors (Lipinski definition) is 1. The fourth-order valence-electron chi connectivity index (χ4n) is 1.75. The van der Waals surface area contributed by atoms with E-state index in [1.807, 2.05) is 42.1 Å². The minimum absolute atomic E-state index is 0.221. The molecular formula is C13H16ClN3. The first kappa shape index (κ1) is 12.1. The molecule has 0 aliphatic heterocycles. The summed E-state index contributed by atoms with van der Waals surface area (Å²) in [7, 11) is 1.99.